The van der Waals surface area contributed by atoms with Crippen molar-refractivity contribution in [3.63, 3.8) is 0 Å². The van der Waals surface area contributed by atoms with Crippen LogP contribution in [0, 0.1) is 0 Å². The van der Waals surface area contributed by atoms with E-state index in [9.17, 15) is 9.90 Å². The minimum Gasteiger partial charge on any atom is -0.396 e. The van der Waals surface area contributed by atoms with E-state index in [1.807, 2.05) is 23.1 Å². The number of rotatable bonds is 4. The van der Waals surface area contributed by atoms with Crippen molar-refractivity contribution in [2.75, 3.05) is 18.1 Å². The smallest absolute Gasteiger partial charge is 0.238 e. The highest BCUT2D eigenvalue weighted by Gasteiger charge is 2.54. The number of anilines is 1. The van der Waals surface area contributed by atoms with Gasteiger partial charge < -0.3 is 10.0 Å². The lowest BCUT2D eigenvalue weighted by Gasteiger charge is -2.36. The molecule has 1 atom stereocenters. The first-order valence-electron chi connectivity index (χ1n) is 8.32. The van der Waals surface area contributed by atoms with E-state index in [4.69, 9.17) is 0 Å². The lowest BCUT2D eigenvalue weighted by molar-refractivity contribution is -0.121. The van der Waals surface area contributed by atoms with Crippen LogP contribution in [0.25, 0.3) is 0 Å². The average molecular weight is 327 g/mol. The standard InChI is InChI=1S/C19H21NO2S/c21-12-8-14-7-11-20(16-5-2-1-4-15(14)16)18(22)19(9-10-19)17-6-3-13-23-17/h1-6,13-14,21H,7-12H2. The van der Waals surface area contributed by atoms with E-state index in [-0.39, 0.29) is 17.9 Å². The Bertz CT molecular complexity index is 706. The van der Waals surface area contributed by atoms with Gasteiger partial charge in [0.25, 0.3) is 0 Å². The van der Waals surface area contributed by atoms with Crippen LogP contribution in [0.5, 0.6) is 0 Å². The van der Waals surface area contributed by atoms with Gasteiger partial charge in [0.05, 0.1) is 5.41 Å². The Morgan fingerprint density at radius 3 is 2.78 bits per heavy atom. The molecule has 1 fully saturated rings. The molecule has 2 heterocycles. The maximum absolute atomic E-state index is 13.3. The number of aliphatic hydroxyl groups is 1. The third kappa shape index (κ3) is 2.41. The number of carbonyl (C=O) groups is 1. The van der Waals surface area contributed by atoms with Gasteiger partial charge in [-0.2, -0.15) is 0 Å². The number of carbonyl (C=O) groups excluding carboxylic acids is 1. The largest absolute Gasteiger partial charge is 0.396 e. The maximum Gasteiger partial charge on any atom is 0.238 e. The lowest BCUT2D eigenvalue weighted by Crippen LogP contribution is -2.42. The molecule has 1 aliphatic carbocycles. The maximum atomic E-state index is 13.3. The van der Waals surface area contributed by atoms with Gasteiger partial charge in [-0.3, -0.25) is 4.79 Å². The first-order chi connectivity index (χ1) is 11.3. The normalized spacial score (nSPS) is 21.8. The van der Waals surface area contributed by atoms with E-state index in [2.05, 4.69) is 23.6 Å². The minimum absolute atomic E-state index is 0.200. The fraction of sp³-hybridized carbons (Fsp3) is 0.421. The molecule has 4 rings (SSSR count). The van der Waals surface area contributed by atoms with Crippen molar-refractivity contribution in [1.82, 2.24) is 0 Å². The SMILES string of the molecule is O=C(N1CCC(CCO)c2ccccc21)C1(c2cccs2)CC1. The number of amides is 1. The number of thiophene rings is 1. The van der Waals surface area contributed by atoms with Crippen LogP contribution < -0.4 is 4.90 Å². The van der Waals surface area contributed by atoms with Crippen molar-refractivity contribution in [1.29, 1.82) is 0 Å². The molecule has 2 aliphatic rings. The first kappa shape index (κ1) is 14.9. The number of hydrogen-bond acceptors (Lipinski definition) is 3. The van der Waals surface area contributed by atoms with Crippen LogP contribution >= 0.6 is 11.3 Å². The lowest BCUT2D eigenvalue weighted by atomic mass is 9.86. The molecule has 1 saturated carbocycles. The number of nitrogens with zero attached hydrogens (tertiary/aromatic N) is 1. The molecule has 1 N–H and O–H groups in total. The summed E-state index contributed by atoms with van der Waals surface area (Å²) in [5, 5.41) is 11.4. The van der Waals surface area contributed by atoms with Crippen molar-refractivity contribution in [2.24, 2.45) is 0 Å². The van der Waals surface area contributed by atoms with Crippen LogP contribution in [0.1, 0.15) is 42.0 Å². The summed E-state index contributed by atoms with van der Waals surface area (Å²) in [5.41, 5.74) is 1.98. The monoisotopic (exact) mass is 327 g/mol. The fourth-order valence-electron chi connectivity index (χ4n) is 3.81. The quantitative estimate of drug-likeness (QED) is 0.930. The summed E-state index contributed by atoms with van der Waals surface area (Å²) in [7, 11) is 0. The van der Waals surface area contributed by atoms with Gasteiger partial charge in [0.2, 0.25) is 5.91 Å². The molecule has 0 spiro atoms. The Kier molecular flexibility index (Phi) is 3.74. The Morgan fingerprint density at radius 2 is 2.09 bits per heavy atom. The summed E-state index contributed by atoms with van der Waals surface area (Å²) < 4.78 is 0. The molecule has 1 aromatic heterocycles. The second-order valence-electron chi connectivity index (χ2n) is 6.57. The summed E-state index contributed by atoms with van der Waals surface area (Å²) in [6, 6.07) is 12.3. The number of aliphatic hydroxyl groups excluding tert-OH is 1. The Labute approximate surface area is 140 Å². The summed E-state index contributed by atoms with van der Waals surface area (Å²) in [4.78, 5) is 16.5. The third-order valence-corrected chi connectivity index (χ3v) is 6.32. The van der Waals surface area contributed by atoms with Gasteiger partial charge in [0.15, 0.2) is 0 Å². The van der Waals surface area contributed by atoms with E-state index < -0.39 is 0 Å². The Morgan fingerprint density at radius 1 is 1.26 bits per heavy atom. The highest BCUT2D eigenvalue weighted by Crippen LogP contribution is 2.52. The molecule has 23 heavy (non-hydrogen) atoms. The Balaban J connectivity index is 1.68. The van der Waals surface area contributed by atoms with Gasteiger partial charge in [0.1, 0.15) is 0 Å². The minimum atomic E-state index is -0.273. The Hall–Kier alpha value is -1.65. The zero-order valence-corrected chi connectivity index (χ0v) is 13.9. The predicted octanol–water partition coefficient (Wildman–Crippen LogP) is 3.68. The zero-order valence-electron chi connectivity index (χ0n) is 13.1. The van der Waals surface area contributed by atoms with Crippen LogP contribution in [0.3, 0.4) is 0 Å². The molecule has 1 unspecified atom stereocenters. The van der Waals surface area contributed by atoms with Crippen LogP contribution in [0.4, 0.5) is 5.69 Å². The summed E-state index contributed by atoms with van der Waals surface area (Å²) in [6.45, 7) is 0.958. The average Bonchev–Trinajstić information content (AvgIpc) is 3.21. The van der Waals surface area contributed by atoms with Crippen molar-refractivity contribution in [2.45, 2.75) is 37.0 Å². The van der Waals surface area contributed by atoms with Crippen LogP contribution in [-0.4, -0.2) is 24.2 Å². The van der Waals surface area contributed by atoms with Crippen LogP contribution in [-0.2, 0) is 10.2 Å². The van der Waals surface area contributed by atoms with Gasteiger partial charge in [-0.1, -0.05) is 24.3 Å². The topological polar surface area (TPSA) is 40.5 Å². The number of hydrogen-bond donors (Lipinski definition) is 1. The van der Waals surface area contributed by atoms with Gasteiger partial charge >= 0.3 is 0 Å². The van der Waals surface area contributed by atoms with Crippen LogP contribution in [0.2, 0.25) is 0 Å². The van der Waals surface area contributed by atoms with Crippen molar-refractivity contribution < 1.29 is 9.90 Å². The fourth-order valence-corrected chi connectivity index (χ4v) is 4.78. The molecule has 1 aromatic carbocycles. The summed E-state index contributed by atoms with van der Waals surface area (Å²) in [5.74, 6) is 0.618. The van der Waals surface area contributed by atoms with Gasteiger partial charge in [-0.05, 0) is 54.7 Å². The summed E-state index contributed by atoms with van der Waals surface area (Å²) in [6.07, 6.45) is 3.63. The second kappa shape index (κ2) is 5.77. The van der Waals surface area contributed by atoms with E-state index in [1.165, 1.54) is 10.4 Å². The zero-order chi connectivity index (χ0) is 15.9. The van der Waals surface area contributed by atoms with E-state index in [0.29, 0.717) is 5.92 Å². The number of benzene rings is 1. The molecule has 2 aromatic rings. The second-order valence-corrected chi connectivity index (χ2v) is 7.52. The molecular formula is C19H21NO2S. The van der Waals surface area contributed by atoms with E-state index >= 15 is 0 Å². The molecule has 120 valence electrons. The molecule has 0 bridgehead atoms. The van der Waals surface area contributed by atoms with Crippen molar-refractivity contribution in [3.05, 3.63) is 52.2 Å². The molecule has 1 amide bonds. The third-order valence-electron chi connectivity index (χ3n) is 5.24. The van der Waals surface area contributed by atoms with Gasteiger partial charge in [-0.25, -0.2) is 0 Å². The van der Waals surface area contributed by atoms with Crippen molar-refractivity contribution in [3.8, 4) is 0 Å². The van der Waals surface area contributed by atoms with Crippen LogP contribution in [0.15, 0.2) is 41.8 Å². The molecule has 4 heteroatoms. The number of fused-ring (bicyclic) bond motifs is 1. The molecule has 0 radical (unpaired) electrons. The van der Waals surface area contributed by atoms with E-state index in [0.717, 1.165) is 37.9 Å². The molecule has 0 saturated heterocycles. The molecule has 1 aliphatic heterocycles. The number of para-hydroxylation sites is 1. The van der Waals surface area contributed by atoms with E-state index in [1.54, 1.807) is 11.3 Å². The summed E-state index contributed by atoms with van der Waals surface area (Å²) >= 11 is 1.69. The van der Waals surface area contributed by atoms with Gasteiger partial charge in [-0.15, -0.1) is 11.3 Å². The highest BCUT2D eigenvalue weighted by atomic mass is 32.1. The first-order valence-corrected chi connectivity index (χ1v) is 9.20. The molecule has 3 nitrogen and oxygen atoms in total. The van der Waals surface area contributed by atoms with Crippen molar-refractivity contribution >= 4 is 22.9 Å². The predicted molar refractivity (Wildman–Crippen MR) is 93.1 cm³/mol. The molecular weight excluding hydrogens is 306 g/mol. The van der Waals surface area contributed by atoms with Gasteiger partial charge in [0, 0.05) is 23.7 Å². The highest BCUT2D eigenvalue weighted by molar-refractivity contribution is 7.10.